The van der Waals surface area contributed by atoms with Crippen molar-refractivity contribution in [1.29, 1.82) is 0 Å². The van der Waals surface area contributed by atoms with E-state index >= 15 is 0 Å². The van der Waals surface area contributed by atoms with Gasteiger partial charge in [0, 0.05) is 12.4 Å². The Labute approximate surface area is 130 Å². The second kappa shape index (κ2) is 5.41. The lowest BCUT2D eigenvalue weighted by Crippen LogP contribution is -2.25. The van der Waals surface area contributed by atoms with Crippen LogP contribution in [0.1, 0.15) is 22.1 Å². The molecule has 2 aromatic heterocycles. The van der Waals surface area contributed by atoms with Gasteiger partial charge in [-0.1, -0.05) is 12.1 Å². The van der Waals surface area contributed by atoms with E-state index in [0.717, 1.165) is 21.4 Å². The van der Waals surface area contributed by atoms with Gasteiger partial charge in [0.2, 0.25) is 0 Å². The second-order valence-corrected chi connectivity index (χ2v) is 5.80. The van der Waals surface area contributed by atoms with Crippen LogP contribution in [0, 0.1) is 6.92 Å². The minimum Gasteiger partial charge on any atom is -0.464 e. The van der Waals surface area contributed by atoms with Gasteiger partial charge in [0.25, 0.3) is 5.91 Å². The van der Waals surface area contributed by atoms with Crippen molar-refractivity contribution in [2.24, 2.45) is 0 Å². The number of nitrogens with zero attached hydrogens (tertiary/aromatic N) is 1. The lowest BCUT2D eigenvalue weighted by molar-refractivity contribution is 0.0745. The first-order valence-corrected chi connectivity index (χ1v) is 7.33. The molecule has 1 amide bonds. The van der Waals surface area contributed by atoms with Gasteiger partial charge in [-0.25, -0.2) is 0 Å². The van der Waals surface area contributed by atoms with E-state index in [1.165, 1.54) is 0 Å². The maximum atomic E-state index is 12.4. The van der Waals surface area contributed by atoms with E-state index in [1.807, 2.05) is 37.3 Å². The predicted octanol–water partition coefficient (Wildman–Crippen LogP) is 4.37. The molecule has 1 aromatic carbocycles. The quantitative estimate of drug-likeness (QED) is 0.706. The maximum Gasteiger partial charge on any atom is 0.289 e. The number of halogens is 1. The van der Waals surface area contributed by atoms with Gasteiger partial charge in [0.15, 0.2) is 5.76 Å². The molecule has 4 nitrogen and oxygen atoms in total. The van der Waals surface area contributed by atoms with Crippen molar-refractivity contribution >= 4 is 32.8 Å². The Morgan fingerprint density at radius 3 is 2.71 bits per heavy atom. The zero-order valence-electron chi connectivity index (χ0n) is 11.7. The summed E-state index contributed by atoms with van der Waals surface area (Å²) in [5.41, 5.74) is 0.683. The molecule has 0 saturated heterocycles. The standard InChI is InChI=1S/C16H14BrNO3/c1-10-6-7-12(20-10)9-18(2)16(19)14-8-11-4-3-5-13(17)15(11)21-14/h3-8H,9H2,1-2H3. The van der Waals surface area contributed by atoms with Crippen molar-refractivity contribution < 1.29 is 13.6 Å². The van der Waals surface area contributed by atoms with Gasteiger partial charge in [0.1, 0.15) is 17.1 Å². The molecule has 0 aliphatic heterocycles. The van der Waals surface area contributed by atoms with E-state index < -0.39 is 0 Å². The number of amides is 1. The van der Waals surface area contributed by atoms with E-state index in [-0.39, 0.29) is 5.91 Å². The topological polar surface area (TPSA) is 46.6 Å². The number of rotatable bonds is 3. The zero-order valence-corrected chi connectivity index (χ0v) is 13.3. The molecule has 108 valence electrons. The summed E-state index contributed by atoms with van der Waals surface area (Å²) in [5.74, 6) is 1.73. The SMILES string of the molecule is Cc1ccc(CN(C)C(=O)c2cc3cccc(Br)c3o2)o1. The monoisotopic (exact) mass is 347 g/mol. The van der Waals surface area contributed by atoms with Crippen LogP contribution in [0.4, 0.5) is 0 Å². The van der Waals surface area contributed by atoms with Gasteiger partial charge in [-0.15, -0.1) is 0 Å². The molecule has 0 N–H and O–H groups in total. The van der Waals surface area contributed by atoms with E-state index in [9.17, 15) is 4.79 Å². The van der Waals surface area contributed by atoms with Gasteiger partial charge in [-0.3, -0.25) is 4.79 Å². The average Bonchev–Trinajstić information content (AvgIpc) is 3.05. The molecule has 3 aromatic rings. The number of aryl methyl sites for hydroxylation is 1. The van der Waals surface area contributed by atoms with Crippen LogP contribution >= 0.6 is 15.9 Å². The predicted molar refractivity (Wildman–Crippen MR) is 83.2 cm³/mol. The van der Waals surface area contributed by atoms with Crippen LogP contribution in [0.3, 0.4) is 0 Å². The lowest BCUT2D eigenvalue weighted by atomic mass is 10.2. The first kappa shape index (κ1) is 13.9. The van der Waals surface area contributed by atoms with Crippen molar-refractivity contribution in [2.45, 2.75) is 13.5 Å². The van der Waals surface area contributed by atoms with Gasteiger partial charge < -0.3 is 13.7 Å². The molecule has 0 saturated carbocycles. The number of hydrogen-bond acceptors (Lipinski definition) is 3. The molecular formula is C16H14BrNO3. The smallest absolute Gasteiger partial charge is 0.289 e. The molecule has 2 heterocycles. The zero-order chi connectivity index (χ0) is 15.0. The third-order valence-corrected chi connectivity index (χ3v) is 3.87. The summed E-state index contributed by atoms with van der Waals surface area (Å²) in [7, 11) is 1.72. The molecule has 0 aliphatic carbocycles. The van der Waals surface area contributed by atoms with Crippen molar-refractivity contribution in [3.8, 4) is 0 Å². The summed E-state index contributed by atoms with van der Waals surface area (Å²) < 4.78 is 12.0. The molecule has 0 aliphatic rings. The minimum atomic E-state index is -0.174. The van der Waals surface area contributed by atoms with Gasteiger partial charge >= 0.3 is 0 Å². The lowest BCUT2D eigenvalue weighted by Gasteiger charge is -2.13. The van der Waals surface area contributed by atoms with Gasteiger partial charge in [-0.2, -0.15) is 0 Å². The number of hydrogen-bond donors (Lipinski definition) is 0. The molecule has 0 spiro atoms. The molecule has 5 heteroatoms. The van der Waals surface area contributed by atoms with Crippen LogP contribution in [0.2, 0.25) is 0 Å². The number of carbonyl (C=O) groups is 1. The third kappa shape index (κ3) is 2.74. The van der Waals surface area contributed by atoms with Gasteiger partial charge in [0.05, 0.1) is 11.0 Å². The summed E-state index contributed by atoms with van der Waals surface area (Å²) in [5, 5.41) is 0.898. The number of fused-ring (bicyclic) bond motifs is 1. The molecule has 0 fully saturated rings. The molecule has 0 bridgehead atoms. The molecular weight excluding hydrogens is 334 g/mol. The van der Waals surface area contributed by atoms with Gasteiger partial charge in [-0.05, 0) is 47.1 Å². The Hall–Kier alpha value is -2.01. The van der Waals surface area contributed by atoms with Crippen molar-refractivity contribution in [2.75, 3.05) is 7.05 Å². The molecule has 0 radical (unpaired) electrons. The molecule has 21 heavy (non-hydrogen) atoms. The number of furan rings is 2. The maximum absolute atomic E-state index is 12.4. The van der Waals surface area contributed by atoms with Crippen LogP contribution in [-0.2, 0) is 6.54 Å². The Morgan fingerprint density at radius 2 is 2.05 bits per heavy atom. The molecule has 0 unspecified atom stereocenters. The number of benzene rings is 1. The Bertz CT molecular complexity index is 803. The van der Waals surface area contributed by atoms with E-state index in [4.69, 9.17) is 8.83 Å². The van der Waals surface area contributed by atoms with Crippen LogP contribution in [0.5, 0.6) is 0 Å². The summed E-state index contributed by atoms with van der Waals surface area (Å²) in [6, 6.07) is 11.2. The van der Waals surface area contributed by atoms with Crippen molar-refractivity contribution in [3.05, 3.63) is 58.2 Å². The highest BCUT2D eigenvalue weighted by Gasteiger charge is 2.18. The molecule has 3 rings (SSSR count). The Morgan fingerprint density at radius 1 is 1.24 bits per heavy atom. The van der Waals surface area contributed by atoms with E-state index in [1.54, 1.807) is 18.0 Å². The Balaban J connectivity index is 1.84. The fraction of sp³-hybridized carbons (Fsp3) is 0.188. The average molecular weight is 348 g/mol. The van der Waals surface area contributed by atoms with Crippen LogP contribution in [-0.4, -0.2) is 17.9 Å². The van der Waals surface area contributed by atoms with Crippen LogP contribution in [0.15, 0.2) is 49.7 Å². The summed E-state index contributed by atoms with van der Waals surface area (Å²) in [6.07, 6.45) is 0. The summed E-state index contributed by atoms with van der Waals surface area (Å²) >= 11 is 3.42. The third-order valence-electron chi connectivity index (χ3n) is 3.24. The van der Waals surface area contributed by atoms with E-state index in [0.29, 0.717) is 17.9 Å². The van der Waals surface area contributed by atoms with E-state index in [2.05, 4.69) is 15.9 Å². The highest BCUT2D eigenvalue weighted by Crippen LogP contribution is 2.27. The first-order chi connectivity index (χ1) is 10.0. The van der Waals surface area contributed by atoms with Crippen LogP contribution in [0.25, 0.3) is 11.0 Å². The largest absolute Gasteiger partial charge is 0.464 e. The van der Waals surface area contributed by atoms with Crippen molar-refractivity contribution in [1.82, 2.24) is 4.90 Å². The molecule has 0 atom stereocenters. The second-order valence-electron chi connectivity index (χ2n) is 4.94. The summed E-state index contributed by atoms with van der Waals surface area (Å²) in [6.45, 7) is 2.28. The Kier molecular flexibility index (Phi) is 3.59. The number of para-hydroxylation sites is 1. The van der Waals surface area contributed by atoms with Crippen LogP contribution < -0.4 is 0 Å². The summed E-state index contributed by atoms with van der Waals surface area (Å²) in [4.78, 5) is 14.0. The fourth-order valence-corrected chi connectivity index (χ4v) is 2.66. The highest BCUT2D eigenvalue weighted by atomic mass is 79.9. The highest BCUT2D eigenvalue weighted by molar-refractivity contribution is 9.10. The minimum absolute atomic E-state index is 0.174. The fourth-order valence-electron chi connectivity index (χ4n) is 2.20. The van der Waals surface area contributed by atoms with Crippen molar-refractivity contribution in [3.63, 3.8) is 0 Å². The number of carbonyl (C=O) groups excluding carboxylic acids is 1. The normalized spacial score (nSPS) is 11.0. The first-order valence-electron chi connectivity index (χ1n) is 6.53.